The summed E-state index contributed by atoms with van der Waals surface area (Å²) in [6, 6.07) is 12.7. The zero-order valence-electron chi connectivity index (χ0n) is 23.9. The number of ether oxygens (including phenoxy) is 2. The van der Waals surface area contributed by atoms with Gasteiger partial charge in [0.25, 0.3) is 11.8 Å². The van der Waals surface area contributed by atoms with Crippen LogP contribution in [0.2, 0.25) is 0 Å². The second-order valence-corrected chi connectivity index (χ2v) is 10.2. The lowest BCUT2D eigenvalue weighted by molar-refractivity contribution is -0.0494. The van der Waals surface area contributed by atoms with Gasteiger partial charge in [0.2, 0.25) is 0 Å². The lowest BCUT2D eigenvalue weighted by Gasteiger charge is -2.32. The van der Waals surface area contributed by atoms with Gasteiger partial charge in [-0.3, -0.25) is 14.3 Å². The largest absolute Gasteiger partial charge is 0.457 e. The van der Waals surface area contributed by atoms with Gasteiger partial charge < -0.3 is 24.6 Å². The van der Waals surface area contributed by atoms with Gasteiger partial charge in [-0.05, 0) is 55.6 Å². The average molecular weight is 603 g/mol. The first-order valence-corrected chi connectivity index (χ1v) is 13.7. The van der Waals surface area contributed by atoms with Crippen molar-refractivity contribution < 1.29 is 27.8 Å². The number of amides is 2. The van der Waals surface area contributed by atoms with Crippen LogP contribution in [0.1, 0.15) is 20.7 Å². The van der Waals surface area contributed by atoms with E-state index in [2.05, 4.69) is 25.4 Å². The molecule has 12 nitrogen and oxygen atoms in total. The van der Waals surface area contributed by atoms with Gasteiger partial charge in [-0.15, -0.1) is 0 Å². The van der Waals surface area contributed by atoms with E-state index in [1.807, 2.05) is 11.9 Å². The first kappa shape index (κ1) is 28.7. The molecule has 0 atom stereocenters. The number of benzene rings is 2. The molecule has 1 fully saturated rings. The van der Waals surface area contributed by atoms with Crippen molar-refractivity contribution in [2.24, 2.45) is 7.05 Å². The van der Waals surface area contributed by atoms with E-state index >= 15 is 0 Å². The number of fused-ring (bicyclic) bond motifs is 1. The van der Waals surface area contributed by atoms with Crippen molar-refractivity contribution in [2.45, 2.75) is 6.61 Å². The van der Waals surface area contributed by atoms with E-state index in [0.717, 1.165) is 13.1 Å². The minimum absolute atomic E-state index is 0.0509. The number of aryl methyl sites for hydroxylation is 1. The van der Waals surface area contributed by atoms with Crippen LogP contribution in [-0.2, 0) is 7.05 Å². The van der Waals surface area contributed by atoms with Crippen LogP contribution in [0.3, 0.4) is 0 Å². The third-order valence-electron chi connectivity index (χ3n) is 7.15. The first-order chi connectivity index (χ1) is 21.2. The Labute approximate surface area is 250 Å². The number of halogens is 2. The Balaban J connectivity index is 1.26. The van der Waals surface area contributed by atoms with E-state index < -0.39 is 12.5 Å². The van der Waals surface area contributed by atoms with Gasteiger partial charge in [-0.2, -0.15) is 19.0 Å². The molecule has 0 spiro atoms. The third-order valence-corrected chi connectivity index (χ3v) is 7.15. The number of anilines is 1. The number of rotatable bonds is 8. The SMILES string of the molecule is CN1CCN(C(=O)c2ccc(Oc3ccc(OC(F)F)c(-c4nn(C)cc4NC(=O)c4cnn5cccnc45)c3)cc2)CC1. The first-order valence-electron chi connectivity index (χ1n) is 13.7. The smallest absolute Gasteiger partial charge is 0.387 e. The van der Waals surface area contributed by atoms with Gasteiger partial charge in [-0.25, -0.2) is 9.50 Å². The van der Waals surface area contributed by atoms with Crippen molar-refractivity contribution in [3.8, 4) is 28.5 Å². The number of nitrogens with one attached hydrogen (secondary N) is 1. The molecule has 4 heterocycles. The summed E-state index contributed by atoms with van der Waals surface area (Å²) < 4.78 is 40.5. The zero-order valence-corrected chi connectivity index (χ0v) is 23.9. The van der Waals surface area contributed by atoms with Gasteiger partial charge in [-0.1, -0.05) is 0 Å². The zero-order chi connectivity index (χ0) is 30.8. The van der Waals surface area contributed by atoms with Crippen molar-refractivity contribution in [1.82, 2.24) is 34.2 Å². The summed E-state index contributed by atoms with van der Waals surface area (Å²) in [7, 11) is 3.66. The summed E-state index contributed by atoms with van der Waals surface area (Å²) >= 11 is 0. The Hall–Kier alpha value is -5.37. The van der Waals surface area contributed by atoms with Crippen molar-refractivity contribution in [3.63, 3.8) is 0 Å². The summed E-state index contributed by atoms with van der Waals surface area (Å²) in [4.78, 5) is 34.3. The number of piperazine rings is 1. The molecule has 226 valence electrons. The maximum Gasteiger partial charge on any atom is 0.387 e. The highest BCUT2D eigenvalue weighted by molar-refractivity contribution is 6.09. The maximum atomic E-state index is 13.4. The van der Waals surface area contributed by atoms with Crippen LogP contribution in [0.5, 0.6) is 17.2 Å². The van der Waals surface area contributed by atoms with Crippen LogP contribution >= 0.6 is 0 Å². The number of alkyl halides is 2. The van der Waals surface area contributed by atoms with Crippen LogP contribution in [0.25, 0.3) is 16.9 Å². The van der Waals surface area contributed by atoms with Crippen molar-refractivity contribution in [3.05, 3.63) is 84.4 Å². The van der Waals surface area contributed by atoms with Crippen molar-refractivity contribution in [1.29, 1.82) is 0 Å². The number of hydrogen-bond acceptors (Lipinski definition) is 8. The quantitative estimate of drug-likeness (QED) is 0.281. The van der Waals surface area contributed by atoms with Gasteiger partial charge in [0.05, 0.1) is 17.4 Å². The number of carbonyl (C=O) groups is 2. The monoisotopic (exact) mass is 602 g/mol. The molecular weight excluding hydrogens is 574 g/mol. The standard InChI is InChI=1S/C30H28F2N8O4/c1-37-12-14-39(15-13-37)29(42)19-4-6-20(7-5-19)43-21-8-9-25(44-30(31)32)22(16-21)26-24(18-38(2)36-26)35-28(41)23-17-34-40-11-3-10-33-27(23)40/h3-11,16-18,30H,12-15H2,1-2H3,(H,35,41). The molecule has 0 bridgehead atoms. The molecule has 0 unspecified atom stereocenters. The molecule has 1 N–H and O–H groups in total. The van der Waals surface area contributed by atoms with E-state index in [1.54, 1.807) is 56.0 Å². The lowest BCUT2D eigenvalue weighted by atomic mass is 10.1. The summed E-state index contributed by atoms with van der Waals surface area (Å²) in [6.07, 6.45) is 6.13. The Kier molecular flexibility index (Phi) is 7.89. The number of likely N-dealkylation sites (N-methyl/N-ethyl adjacent to an activating group) is 1. The number of aromatic nitrogens is 5. The maximum absolute atomic E-state index is 13.4. The molecule has 5 aromatic rings. The van der Waals surface area contributed by atoms with E-state index in [-0.39, 0.29) is 34.2 Å². The minimum atomic E-state index is -3.10. The fraction of sp³-hybridized carbons (Fsp3) is 0.233. The molecule has 3 aromatic heterocycles. The molecule has 1 aliphatic heterocycles. The average Bonchev–Trinajstić information content (AvgIpc) is 3.61. The van der Waals surface area contributed by atoms with Gasteiger partial charge in [0.15, 0.2) is 5.65 Å². The highest BCUT2D eigenvalue weighted by Crippen LogP contribution is 2.39. The Morgan fingerprint density at radius 3 is 2.50 bits per heavy atom. The normalized spacial score (nSPS) is 13.8. The molecule has 0 saturated carbocycles. The molecule has 1 saturated heterocycles. The second-order valence-electron chi connectivity index (χ2n) is 10.2. The number of hydrogen-bond donors (Lipinski definition) is 1. The molecule has 44 heavy (non-hydrogen) atoms. The Morgan fingerprint density at radius 1 is 1.00 bits per heavy atom. The van der Waals surface area contributed by atoms with Crippen molar-refractivity contribution >= 4 is 23.1 Å². The van der Waals surface area contributed by atoms with Crippen LogP contribution in [0, 0.1) is 0 Å². The summed E-state index contributed by atoms with van der Waals surface area (Å²) in [6.45, 7) is -0.136. The predicted molar refractivity (Wildman–Crippen MR) is 156 cm³/mol. The Bertz CT molecular complexity index is 1810. The summed E-state index contributed by atoms with van der Waals surface area (Å²) in [5, 5.41) is 11.3. The highest BCUT2D eigenvalue weighted by atomic mass is 19.3. The third kappa shape index (κ3) is 6.06. The summed E-state index contributed by atoms with van der Waals surface area (Å²) in [5.41, 5.74) is 1.70. The molecule has 14 heteroatoms. The van der Waals surface area contributed by atoms with Gasteiger partial charge in [0.1, 0.15) is 28.5 Å². The minimum Gasteiger partial charge on any atom is -0.457 e. The molecular formula is C30H28F2N8O4. The molecule has 0 radical (unpaired) electrons. The molecule has 2 amide bonds. The number of nitrogens with zero attached hydrogens (tertiary/aromatic N) is 7. The van der Waals surface area contributed by atoms with Gasteiger partial charge in [0, 0.05) is 57.4 Å². The van der Waals surface area contributed by atoms with E-state index in [4.69, 9.17) is 9.47 Å². The fourth-order valence-electron chi connectivity index (χ4n) is 4.91. The number of carbonyl (C=O) groups excluding carboxylic acids is 2. The second kappa shape index (κ2) is 12.1. The molecule has 0 aliphatic carbocycles. The van der Waals surface area contributed by atoms with Gasteiger partial charge >= 0.3 is 6.61 Å². The Morgan fingerprint density at radius 2 is 1.75 bits per heavy atom. The van der Waals surface area contributed by atoms with Crippen molar-refractivity contribution in [2.75, 3.05) is 38.5 Å². The highest BCUT2D eigenvalue weighted by Gasteiger charge is 2.23. The van der Waals surface area contributed by atoms with E-state index in [9.17, 15) is 18.4 Å². The van der Waals surface area contributed by atoms with Crippen LogP contribution in [0.4, 0.5) is 14.5 Å². The lowest BCUT2D eigenvalue weighted by Crippen LogP contribution is -2.47. The van der Waals surface area contributed by atoms with Crippen LogP contribution in [0.15, 0.2) is 73.3 Å². The van der Waals surface area contributed by atoms with E-state index in [0.29, 0.717) is 35.8 Å². The predicted octanol–water partition coefficient (Wildman–Crippen LogP) is 4.16. The van der Waals surface area contributed by atoms with Crippen LogP contribution in [-0.4, -0.2) is 85.8 Å². The molecule has 2 aromatic carbocycles. The topological polar surface area (TPSA) is 119 Å². The summed E-state index contributed by atoms with van der Waals surface area (Å²) in [5.74, 6) is 0.0123. The molecule has 1 aliphatic rings. The molecule has 6 rings (SSSR count). The van der Waals surface area contributed by atoms with E-state index in [1.165, 1.54) is 33.6 Å². The van der Waals surface area contributed by atoms with Crippen LogP contribution < -0.4 is 14.8 Å². The fourth-order valence-corrected chi connectivity index (χ4v) is 4.91.